The number of amides is 3. The first-order valence-electron chi connectivity index (χ1n) is 5.73. The van der Waals surface area contributed by atoms with E-state index in [1.165, 1.54) is 25.7 Å². The van der Waals surface area contributed by atoms with Crippen LogP contribution < -0.4 is 10.6 Å². The molecule has 4 nitrogen and oxygen atoms in total. The molecule has 2 aliphatic carbocycles. The van der Waals surface area contributed by atoms with Crippen LogP contribution in [0.2, 0.25) is 0 Å². The van der Waals surface area contributed by atoms with Crippen molar-refractivity contribution in [2.45, 2.75) is 38.6 Å². The molecular weight excluding hydrogens is 192 g/mol. The number of urea groups is 1. The Hall–Kier alpha value is -1.06. The highest BCUT2D eigenvalue weighted by atomic mass is 16.2. The molecule has 0 aromatic carbocycles. The molecule has 0 aliphatic heterocycles. The maximum absolute atomic E-state index is 11.2. The summed E-state index contributed by atoms with van der Waals surface area (Å²) in [6.45, 7) is 2.05. The Morgan fingerprint density at radius 3 is 2.20 bits per heavy atom. The maximum Gasteiger partial charge on any atom is 0.321 e. The van der Waals surface area contributed by atoms with E-state index < -0.39 is 0 Å². The molecule has 2 aliphatic rings. The van der Waals surface area contributed by atoms with E-state index in [0.29, 0.717) is 12.3 Å². The second-order valence-electron chi connectivity index (χ2n) is 4.78. The van der Waals surface area contributed by atoms with Gasteiger partial charge in [-0.05, 0) is 50.4 Å². The maximum atomic E-state index is 11.2. The number of hydrogen-bond acceptors (Lipinski definition) is 2. The molecule has 1 unspecified atom stereocenters. The molecule has 2 N–H and O–H groups in total. The molecular formula is C11H18N2O2. The van der Waals surface area contributed by atoms with Crippen molar-refractivity contribution in [1.29, 1.82) is 0 Å². The molecule has 3 amide bonds. The highest BCUT2D eigenvalue weighted by molar-refractivity contribution is 5.84. The summed E-state index contributed by atoms with van der Waals surface area (Å²) in [6.07, 6.45) is 5.65. The highest BCUT2D eigenvalue weighted by Gasteiger charge is 2.44. The number of imide groups is 1. The van der Waals surface area contributed by atoms with Crippen LogP contribution in [0, 0.1) is 17.8 Å². The van der Waals surface area contributed by atoms with Crippen molar-refractivity contribution < 1.29 is 9.59 Å². The second kappa shape index (κ2) is 4.21. The minimum Gasteiger partial charge on any atom is -0.335 e. The molecule has 0 bridgehead atoms. The smallest absolute Gasteiger partial charge is 0.321 e. The third kappa shape index (κ3) is 2.70. The molecule has 0 heterocycles. The van der Waals surface area contributed by atoms with E-state index in [2.05, 4.69) is 10.6 Å². The van der Waals surface area contributed by atoms with Crippen LogP contribution in [0.25, 0.3) is 0 Å². The third-order valence-electron chi connectivity index (χ3n) is 3.46. The zero-order valence-electron chi connectivity index (χ0n) is 9.03. The van der Waals surface area contributed by atoms with Crippen LogP contribution >= 0.6 is 0 Å². The van der Waals surface area contributed by atoms with Crippen molar-refractivity contribution >= 4 is 12.4 Å². The fourth-order valence-corrected chi connectivity index (χ4v) is 2.56. The Kier molecular flexibility index (Phi) is 2.93. The van der Waals surface area contributed by atoms with Gasteiger partial charge in [0.15, 0.2) is 0 Å². The van der Waals surface area contributed by atoms with Gasteiger partial charge in [0.1, 0.15) is 0 Å². The van der Waals surface area contributed by atoms with Crippen molar-refractivity contribution in [1.82, 2.24) is 10.6 Å². The number of nitrogens with one attached hydrogen (secondary N) is 2. The van der Waals surface area contributed by atoms with Crippen LogP contribution in [-0.4, -0.2) is 18.5 Å². The van der Waals surface area contributed by atoms with Gasteiger partial charge in [-0.2, -0.15) is 0 Å². The summed E-state index contributed by atoms with van der Waals surface area (Å²) in [6, 6.07) is -0.186. The Morgan fingerprint density at radius 1 is 1.27 bits per heavy atom. The van der Waals surface area contributed by atoms with E-state index in [-0.39, 0.29) is 12.1 Å². The molecule has 2 saturated carbocycles. The molecule has 0 aromatic heterocycles. The molecule has 2 fully saturated rings. The molecule has 0 radical (unpaired) electrons. The Morgan fingerprint density at radius 2 is 1.80 bits per heavy atom. The Labute approximate surface area is 89.8 Å². The van der Waals surface area contributed by atoms with Gasteiger partial charge in [0, 0.05) is 6.04 Å². The van der Waals surface area contributed by atoms with Gasteiger partial charge >= 0.3 is 6.03 Å². The van der Waals surface area contributed by atoms with Crippen LogP contribution in [-0.2, 0) is 4.79 Å². The molecule has 15 heavy (non-hydrogen) atoms. The van der Waals surface area contributed by atoms with E-state index in [9.17, 15) is 9.59 Å². The zero-order valence-corrected chi connectivity index (χ0v) is 9.03. The Balaban J connectivity index is 1.83. The lowest BCUT2D eigenvalue weighted by molar-refractivity contribution is -0.108. The summed E-state index contributed by atoms with van der Waals surface area (Å²) in [5, 5.41) is 4.96. The quantitative estimate of drug-likeness (QED) is 0.671. The van der Waals surface area contributed by atoms with Gasteiger partial charge in [0.25, 0.3) is 0 Å². The van der Waals surface area contributed by atoms with Crippen molar-refractivity contribution in [3.8, 4) is 0 Å². The highest BCUT2D eigenvalue weighted by Crippen LogP contribution is 2.50. The fraction of sp³-hybridized carbons (Fsp3) is 0.818. The SMILES string of the molecule is CC(NC(=O)NC=O)C(C1CC1)C1CC1. The molecule has 0 spiro atoms. The van der Waals surface area contributed by atoms with Crippen molar-refractivity contribution in [3.63, 3.8) is 0 Å². The minimum atomic E-state index is -0.371. The van der Waals surface area contributed by atoms with E-state index in [4.69, 9.17) is 0 Å². The monoisotopic (exact) mass is 210 g/mol. The van der Waals surface area contributed by atoms with Gasteiger partial charge < -0.3 is 5.32 Å². The molecule has 2 rings (SSSR count). The first-order chi connectivity index (χ1) is 7.22. The first-order valence-corrected chi connectivity index (χ1v) is 5.73. The second-order valence-corrected chi connectivity index (χ2v) is 4.78. The Bertz CT molecular complexity index is 247. The molecule has 0 saturated heterocycles. The standard InChI is InChI=1S/C11H18N2O2/c1-7(13-11(15)12-6-14)10(8-2-3-8)9-4-5-9/h6-10H,2-5H2,1H3,(H2,12,13,14,15). The zero-order chi connectivity index (χ0) is 10.8. The van der Waals surface area contributed by atoms with E-state index in [1.54, 1.807) is 0 Å². The summed E-state index contributed by atoms with van der Waals surface area (Å²) in [4.78, 5) is 21.3. The number of rotatable bonds is 5. The first kappa shape index (κ1) is 10.5. The van der Waals surface area contributed by atoms with Crippen LogP contribution in [0.15, 0.2) is 0 Å². The van der Waals surface area contributed by atoms with Gasteiger partial charge in [-0.15, -0.1) is 0 Å². The molecule has 4 heteroatoms. The fourth-order valence-electron chi connectivity index (χ4n) is 2.56. The van der Waals surface area contributed by atoms with Gasteiger partial charge in [-0.1, -0.05) is 0 Å². The predicted octanol–water partition coefficient (Wildman–Crippen LogP) is 1.27. The number of carbonyl (C=O) groups is 2. The average molecular weight is 210 g/mol. The van der Waals surface area contributed by atoms with Crippen LogP contribution in [0.4, 0.5) is 4.79 Å². The van der Waals surface area contributed by atoms with Crippen molar-refractivity contribution in [2.24, 2.45) is 17.8 Å². The summed E-state index contributed by atoms with van der Waals surface area (Å²) in [5.74, 6) is 2.25. The van der Waals surface area contributed by atoms with E-state index in [0.717, 1.165) is 11.8 Å². The summed E-state index contributed by atoms with van der Waals surface area (Å²) < 4.78 is 0. The lowest BCUT2D eigenvalue weighted by Gasteiger charge is -2.24. The largest absolute Gasteiger partial charge is 0.335 e. The van der Waals surface area contributed by atoms with Gasteiger partial charge in [-0.3, -0.25) is 10.1 Å². The van der Waals surface area contributed by atoms with E-state index >= 15 is 0 Å². The van der Waals surface area contributed by atoms with Gasteiger partial charge in [0.2, 0.25) is 6.41 Å². The minimum absolute atomic E-state index is 0.185. The third-order valence-corrected chi connectivity index (χ3v) is 3.46. The molecule has 84 valence electrons. The van der Waals surface area contributed by atoms with Gasteiger partial charge in [-0.25, -0.2) is 4.79 Å². The topological polar surface area (TPSA) is 58.2 Å². The summed E-state index contributed by atoms with van der Waals surface area (Å²) in [5.41, 5.74) is 0. The molecule has 0 aromatic rings. The van der Waals surface area contributed by atoms with Gasteiger partial charge in [0.05, 0.1) is 0 Å². The van der Waals surface area contributed by atoms with Crippen LogP contribution in [0.1, 0.15) is 32.6 Å². The lowest BCUT2D eigenvalue weighted by atomic mass is 9.90. The number of hydrogen-bond donors (Lipinski definition) is 2. The lowest BCUT2D eigenvalue weighted by Crippen LogP contribution is -2.44. The average Bonchev–Trinajstić information content (AvgIpc) is 2.97. The molecule has 1 atom stereocenters. The van der Waals surface area contributed by atoms with Crippen molar-refractivity contribution in [2.75, 3.05) is 0 Å². The van der Waals surface area contributed by atoms with Crippen molar-refractivity contribution in [3.05, 3.63) is 0 Å². The summed E-state index contributed by atoms with van der Waals surface area (Å²) >= 11 is 0. The summed E-state index contributed by atoms with van der Waals surface area (Å²) in [7, 11) is 0. The van der Waals surface area contributed by atoms with E-state index in [1.807, 2.05) is 6.92 Å². The number of carbonyl (C=O) groups excluding carboxylic acids is 2. The van der Waals surface area contributed by atoms with Crippen LogP contribution in [0.5, 0.6) is 0 Å². The van der Waals surface area contributed by atoms with Crippen LogP contribution in [0.3, 0.4) is 0 Å². The normalized spacial score (nSPS) is 22.3. The predicted molar refractivity (Wildman–Crippen MR) is 56.1 cm³/mol.